The number of rotatable bonds is 6. The second-order valence-electron chi connectivity index (χ2n) is 13.7. The summed E-state index contributed by atoms with van der Waals surface area (Å²) >= 11 is 1.75. The van der Waals surface area contributed by atoms with Crippen molar-refractivity contribution < 1.29 is 5.48 Å². The first-order valence-corrected chi connectivity index (χ1v) is 19.3. The molecule has 0 N–H and O–H groups in total. The Hall–Kier alpha value is -7.21. The van der Waals surface area contributed by atoms with E-state index in [-0.39, 0.29) is 24.2 Å². The van der Waals surface area contributed by atoms with Crippen molar-refractivity contribution in [2.24, 2.45) is 0 Å². The lowest BCUT2D eigenvalue weighted by molar-refractivity contribution is 1.07. The van der Waals surface area contributed by atoms with Gasteiger partial charge in [-0.3, -0.25) is 0 Å². The maximum absolute atomic E-state index is 9.31. The molecule has 3 heterocycles. The SMILES string of the molecule is [2H]c1c([2H])c([2H])c2c(c1[2H])c1c(-c3ccccc3-c3ccccc3)cccc1n2-c1cccc(-c2nc(-c3ccccc3)nc(-c3ccc4c(c3)sc3ccccc34)n2)c1. The van der Waals surface area contributed by atoms with Crippen molar-refractivity contribution in [3.8, 4) is 62.1 Å². The van der Waals surface area contributed by atoms with Gasteiger partial charge in [0.25, 0.3) is 0 Å². The third-order valence-corrected chi connectivity index (χ3v) is 11.5. The van der Waals surface area contributed by atoms with Crippen LogP contribution in [0.5, 0.6) is 0 Å². The molecule has 0 aliphatic heterocycles. The number of hydrogen-bond donors (Lipinski definition) is 0. The van der Waals surface area contributed by atoms with Crippen molar-refractivity contribution in [2.75, 3.05) is 0 Å². The predicted molar refractivity (Wildman–Crippen MR) is 234 cm³/mol. The summed E-state index contributed by atoms with van der Waals surface area (Å²) in [6, 6.07) is 56.2. The Labute approximate surface area is 333 Å². The van der Waals surface area contributed by atoms with Gasteiger partial charge in [0, 0.05) is 53.3 Å². The maximum atomic E-state index is 9.31. The van der Waals surface area contributed by atoms with Crippen LogP contribution in [0.25, 0.3) is 104 Å². The molecule has 4 nitrogen and oxygen atoms in total. The van der Waals surface area contributed by atoms with E-state index in [0.29, 0.717) is 34.1 Å². The smallest absolute Gasteiger partial charge is 0.164 e. The summed E-state index contributed by atoms with van der Waals surface area (Å²) in [5.41, 5.74) is 8.27. The Morgan fingerprint density at radius 1 is 0.411 bits per heavy atom. The number of benzene rings is 8. The summed E-state index contributed by atoms with van der Waals surface area (Å²) in [6.07, 6.45) is 0. The molecule has 3 aromatic heterocycles. The van der Waals surface area contributed by atoms with E-state index in [2.05, 4.69) is 66.7 Å². The molecule has 0 aliphatic carbocycles. The summed E-state index contributed by atoms with van der Waals surface area (Å²) in [5.74, 6) is 1.58. The summed E-state index contributed by atoms with van der Waals surface area (Å²) in [5, 5.41) is 3.63. The van der Waals surface area contributed by atoms with Crippen LogP contribution in [0.4, 0.5) is 0 Å². The normalized spacial score (nSPS) is 12.6. The molecule has 262 valence electrons. The highest BCUT2D eigenvalue weighted by Gasteiger charge is 2.19. The minimum Gasteiger partial charge on any atom is -0.309 e. The highest BCUT2D eigenvalue weighted by molar-refractivity contribution is 7.25. The summed E-state index contributed by atoms with van der Waals surface area (Å²) in [7, 11) is 0. The number of para-hydroxylation sites is 1. The number of nitrogens with zero attached hydrogens (tertiary/aromatic N) is 4. The van der Waals surface area contributed by atoms with E-state index in [9.17, 15) is 2.74 Å². The lowest BCUT2D eigenvalue weighted by Gasteiger charge is -2.13. The molecule has 0 radical (unpaired) electrons. The van der Waals surface area contributed by atoms with Crippen molar-refractivity contribution in [1.82, 2.24) is 19.5 Å². The van der Waals surface area contributed by atoms with Crippen LogP contribution in [0.3, 0.4) is 0 Å². The van der Waals surface area contributed by atoms with E-state index in [1.165, 1.54) is 15.5 Å². The van der Waals surface area contributed by atoms with Crippen molar-refractivity contribution in [2.45, 2.75) is 0 Å². The van der Waals surface area contributed by atoms with Gasteiger partial charge in [0.15, 0.2) is 17.5 Å². The average molecular weight is 737 g/mol. The second kappa shape index (κ2) is 13.3. The van der Waals surface area contributed by atoms with Gasteiger partial charge in [-0.2, -0.15) is 0 Å². The quantitative estimate of drug-likeness (QED) is 0.171. The molecule has 0 fully saturated rings. The fourth-order valence-corrected chi connectivity index (χ4v) is 8.99. The van der Waals surface area contributed by atoms with Crippen molar-refractivity contribution in [1.29, 1.82) is 0 Å². The van der Waals surface area contributed by atoms with Crippen LogP contribution in [0.2, 0.25) is 0 Å². The number of fused-ring (bicyclic) bond motifs is 6. The lowest BCUT2D eigenvalue weighted by Crippen LogP contribution is -2.01. The maximum Gasteiger partial charge on any atom is 0.164 e. The molecular weight excluding hydrogens is 701 g/mol. The molecule has 0 saturated heterocycles. The Kier molecular flexibility index (Phi) is 6.70. The van der Waals surface area contributed by atoms with E-state index < -0.39 is 0 Å². The molecule has 0 atom stereocenters. The molecule has 11 rings (SSSR count). The van der Waals surface area contributed by atoms with Gasteiger partial charge in [-0.05, 0) is 58.6 Å². The molecule has 0 aliphatic rings. The Bertz CT molecular complexity index is 3490. The van der Waals surface area contributed by atoms with Crippen LogP contribution in [-0.4, -0.2) is 19.5 Å². The Morgan fingerprint density at radius 2 is 1.02 bits per heavy atom. The van der Waals surface area contributed by atoms with Crippen molar-refractivity contribution in [3.63, 3.8) is 0 Å². The first-order chi connectivity index (χ1) is 29.4. The molecule has 0 spiro atoms. The van der Waals surface area contributed by atoms with Gasteiger partial charge in [-0.15, -0.1) is 11.3 Å². The van der Waals surface area contributed by atoms with Gasteiger partial charge >= 0.3 is 0 Å². The second-order valence-corrected chi connectivity index (χ2v) is 14.8. The molecule has 0 amide bonds. The minimum atomic E-state index is -0.288. The van der Waals surface area contributed by atoms with Crippen LogP contribution in [0, 0.1) is 0 Å². The zero-order valence-corrected chi connectivity index (χ0v) is 30.7. The lowest BCUT2D eigenvalue weighted by atomic mass is 9.92. The van der Waals surface area contributed by atoms with Gasteiger partial charge in [-0.25, -0.2) is 15.0 Å². The van der Waals surface area contributed by atoms with E-state index in [1.54, 1.807) is 11.3 Å². The molecule has 11 aromatic rings. The number of aromatic nitrogens is 4. The van der Waals surface area contributed by atoms with Crippen molar-refractivity contribution in [3.05, 3.63) is 194 Å². The van der Waals surface area contributed by atoms with E-state index in [0.717, 1.165) is 54.5 Å². The highest BCUT2D eigenvalue weighted by Crippen LogP contribution is 2.42. The van der Waals surface area contributed by atoms with E-state index in [4.69, 9.17) is 17.7 Å². The monoisotopic (exact) mass is 736 g/mol. The molecule has 0 bridgehead atoms. The van der Waals surface area contributed by atoms with Crippen molar-refractivity contribution >= 4 is 53.3 Å². The summed E-state index contributed by atoms with van der Waals surface area (Å²) < 4.78 is 40.5. The van der Waals surface area contributed by atoms with Crippen LogP contribution >= 0.6 is 11.3 Å². The predicted octanol–water partition coefficient (Wildman–Crippen LogP) is 13.7. The van der Waals surface area contributed by atoms with Gasteiger partial charge < -0.3 is 4.57 Å². The summed E-state index contributed by atoms with van der Waals surface area (Å²) in [6.45, 7) is 0. The molecule has 5 heteroatoms. The zero-order valence-electron chi connectivity index (χ0n) is 33.9. The molecular formula is C51H32N4S. The summed E-state index contributed by atoms with van der Waals surface area (Å²) in [4.78, 5) is 15.2. The van der Waals surface area contributed by atoms with E-state index >= 15 is 0 Å². The third-order valence-electron chi connectivity index (χ3n) is 10.4. The van der Waals surface area contributed by atoms with Gasteiger partial charge in [-0.1, -0.05) is 158 Å². The van der Waals surface area contributed by atoms with Gasteiger partial charge in [0.1, 0.15) is 0 Å². The topological polar surface area (TPSA) is 43.6 Å². The Morgan fingerprint density at radius 3 is 1.84 bits per heavy atom. The van der Waals surface area contributed by atoms with Gasteiger partial charge in [0.2, 0.25) is 0 Å². The number of thiophene rings is 1. The van der Waals surface area contributed by atoms with Crippen LogP contribution in [0.1, 0.15) is 5.48 Å². The largest absolute Gasteiger partial charge is 0.309 e. The molecule has 0 unspecified atom stereocenters. The fourth-order valence-electron chi connectivity index (χ4n) is 7.84. The third kappa shape index (κ3) is 5.40. The number of hydrogen-bond acceptors (Lipinski definition) is 4. The molecule has 56 heavy (non-hydrogen) atoms. The fraction of sp³-hybridized carbons (Fsp3) is 0. The van der Waals surface area contributed by atoms with Crippen LogP contribution in [-0.2, 0) is 0 Å². The average Bonchev–Trinajstić information content (AvgIpc) is 3.87. The standard InChI is InChI=1S/C51H32N4S/c1-3-15-33(16-4-1)38-21-7-8-22-39(38)42-25-14-27-45-48(42)43-24-9-11-26-44(43)55(45)37-20-13-19-35(31-37)50-52-49(34-17-5-2-6-18-34)53-51(54-50)36-29-30-41-40-23-10-12-28-46(40)56-47(41)32-36/h1-32H/i9D,11D,24D,26D. The van der Waals surface area contributed by atoms with E-state index in [1.807, 2.05) is 108 Å². The zero-order chi connectivity index (χ0) is 40.5. The van der Waals surface area contributed by atoms with Crippen LogP contribution in [0.15, 0.2) is 194 Å². The van der Waals surface area contributed by atoms with Crippen LogP contribution < -0.4 is 0 Å². The minimum absolute atomic E-state index is 0.0826. The first kappa shape index (κ1) is 28.3. The molecule has 0 saturated carbocycles. The highest BCUT2D eigenvalue weighted by atomic mass is 32.1. The first-order valence-electron chi connectivity index (χ1n) is 20.5. The van der Waals surface area contributed by atoms with Gasteiger partial charge in [0.05, 0.1) is 16.5 Å². The molecule has 8 aromatic carbocycles. The Balaban J connectivity index is 1.14.